The third kappa shape index (κ3) is 3.82. The zero-order chi connectivity index (χ0) is 11.3. The molecule has 3 heteroatoms. The van der Waals surface area contributed by atoms with Gasteiger partial charge < -0.3 is 5.11 Å². The highest BCUT2D eigenvalue weighted by Gasteiger charge is 2.24. The van der Waals surface area contributed by atoms with Gasteiger partial charge in [-0.1, -0.05) is 20.3 Å². The van der Waals surface area contributed by atoms with Gasteiger partial charge in [-0.3, -0.25) is 9.69 Å². The molecule has 0 spiro atoms. The van der Waals surface area contributed by atoms with E-state index in [1.165, 1.54) is 19.3 Å². The molecule has 0 radical (unpaired) electrons. The van der Waals surface area contributed by atoms with Crippen LogP contribution in [0.1, 0.15) is 46.0 Å². The van der Waals surface area contributed by atoms with Crippen molar-refractivity contribution in [3.8, 4) is 0 Å². The highest BCUT2D eigenvalue weighted by molar-refractivity contribution is 5.67. The van der Waals surface area contributed by atoms with Crippen LogP contribution in [0.3, 0.4) is 0 Å². The van der Waals surface area contributed by atoms with Gasteiger partial charge in [0.15, 0.2) is 0 Å². The lowest BCUT2D eigenvalue weighted by Gasteiger charge is -2.36. The average Bonchev–Trinajstić information content (AvgIpc) is 2.26. The van der Waals surface area contributed by atoms with Gasteiger partial charge in [0.05, 0.1) is 6.42 Å². The Bertz CT molecular complexity index is 198. The zero-order valence-electron chi connectivity index (χ0n) is 9.91. The number of carbonyl (C=O) groups is 1. The van der Waals surface area contributed by atoms with Gasteiger partial charge >= 0.3 is 5.97 Å². The van der Waals surface area contributed by atoms with Crippen molar-refractivity contribution in [3.05, 3.63) is 0 Å². The molecular weight excluding hydrogens is 190 g/mol. The van der Waals surface area contributed by atoms with Crippen LogP contribution in [0.4, 0.5) is 0 Å². The van der Waals surface area contributed by atoms with Crippen LogP contribution < -0.4 is 0 Å². The molecule has 1 aliphatic rings. The topological polar surface area (TPSA) is 40.5 Å². The molecule has 15 heavy (non-hydrogen) atoms. The Morgan fingerprint density at radius 1 is 1.40 bits per heavy atom. The first-order chi connectivity index (χ1) is 7.17. The highest BCUT2D eigenvalue weighted by Crippen LogP contribution is 2.23. The number of carboxylic acid groups (broad SMARTS) is 1. The Balaban J connectivity index is 2.39. The fourth-order valence-corrected chi connectivity index (χ4v) is 2.46. The second kappa shape index (κ2) is 6.11. The van der Waals surface area contributed by atoms with Crippen molar-refractivity contribution < 1.29 is 9.90 Å². The number of carboxylic acids is 1. The number of aliphatic carboxylic acids is 1. The van der Waals surface area contributed by atoms with Crippen LogP contribution in [0.2, 0.25) is 0 Å². The number of nitrogens with zero attached hydrogens (tertiary/aromatic N) is 1. The summed E-state index contributed by atoms with van der Waals surface area (Å²) in [5, 5.41) is 8.82. The minimum atomic E-state index is -0.667. The molecule has 0 amide bonds. The van der Waals surface area contributed by atoms with Crippen molar-refractivity contribution in [1.29, 1.82) is 0 Å². The maximum Gasteiger partial charge on any atom is 0.304 e. The molecule has 1 heterocycles. The van der Waals surface area contributed by atoms with Gasteiger partial charge in [-0.25, -0.2) is 0 Å². The molecule has 88 valence electrons. The molecule has 1 saturated heterocycles. The van der Waals surface area contributed by atoms with Crippen LogP contribution in [-0.2, 0) is 4.79 Å². The second-order valence-electron chi connectivity index (χ2n) is 4.55. The normalized spacial score (nSPS) is 21.5. The molecule has 1 N–H and O–H groups in total. The van der Waals surface area contributed by atoms with Gasteiger partial charge in [0.25, 0.3) is 0 Å². The fraction of sp³-hybridized carbons (Fsp3) is 0.917. The van der Waals surface area contributed by atoms with Gasteiger partial charge in [-0.2, -0.15) is 0 Å². The molecule has 0 aromatic heterocycles. The van der Waals surface area contributed by atoms with Crippen LogP contribution in [0.15, 0.2) is 0 Å². The van der Waals surface area contributed by atoms with Crippen molar-refractivity contribution in [2.75, 3.05) is 13.1 Å². The predicted molar refractivity (Wildman–Crippen MR) is 60.9 cm³/mol. The lowest BCUT2D eigenvalue weighted by molar-refractivity contribution is -0.138. The molecule has 1 unspecified atom stereocenters. The lowest BCUT2D eigenvalue weighted by atomic mass is 9.93. The van der Waals surface area contributed by atoms with Crippen molar-refractivity contribution in [1.82, 2.24) is 4.90 Å². The molecule has 0 aliphatic carbocycles. The third-order valence-corrected chi connectivity index (χ3v) is 3.62. The summed E-state index contributed by atoms with van der Waals surface area (Å²) in [6.07, 6.45) is 5.00. The Hall–Kier alpha value is -0.570. The second-order valence-corrected chi connectivity index (χ2v) is 4.55. The summed E-state index contributed by atoms with van der Waals surface area (Å²) in [6, 6.07) is 0.250. The summed E-state index contributed by atoms with van der Waals surface area (Å²) < 4.78 is 0. The van der Waals surface area contributed by atoms with E-state index in [1.54, 1.807) is 0 Å². The van der Waals surface area contributed by atoms with E-state index in [1.807, 2.05) is 0 Å². The number of hydrogen-bond acceptors (Lipinski definition) is 2. The smallest absolute Gasteiger partial charge is 0.304 e. The van der Waals surface area contributed by atoms with Gasteiger partial charge in [0.1, 0.15) is 0 Å². The number of piperidine rings is 1. The minimum absolute atomic E-state index is 0.250. The van der Waals surface area contributed by atoms with E-state index >= 15 is 0 Å². The molecule has 1 rings (SSSR count). The van der Waals surface area contributed by atoms with Gasteiger partial charge in [0.2, 0.25) is 0 Å². The van der Waals surface area contributed by atoms with E-state index in [-0.39, 0.29) is 6.04 Å². The Labute approximate surface area is 92.5 Å². The molecule has 0 bridgehead atoms. The summed E-state index contributed by atoms with van der Waals surface area (Å²) in [5.74, 6) is 0.197. The van der Waals surface area contributed by atoms with E-state index in [2.05, 4.69) is 18.7 Å². The fourth-order valence-electron chi connectivity index (χ4n) is 2.46. The van der Waals surface area contributed by atoms with E-state index in [0.717, 1.165) is 25.4 Å². The van der Waals surface area contributed by atoms with Crippen molar-refractivity contribution in [2.45, 2.75) is 52.0 Å². The first-order valence-corrected chi connectivity index (χ1v) is 6.13. The molecule has 0 saturated carbocycles. The summed E-state index contributed by atoms with van der Waals surface area (Å²) in [6.45, 7) is 6.50. The van der Waals surface area contributed by atoms with E-state index < -0.39 is 5.97 Å². The van der Waals surface area contributed by atoms with Crippen LogP contribution in [0.25, 0.3) is 0 Å². The quantitative estimate of drug-likeness (QED) is 0.762. The van der Waals surface area contributed by atoms with Crippen LogP contribution in [-0.4, -0.2) is 35.1 Å². The van der Waals surface area contributed by atoms with Gasteiger partial charge in [0, 0.05) is 6.04 Å². The van der Waals surface area contributed by atoms with Crippen molar-refractivity contribution in [2.24, 2.45) is 5.92 Å². The highest BCUT2D eigenvalue weighted by atomic mass is 16.4. The maximum atomic E-state index is 10.7. The maximum absolute atomic E-state index is 10.7. The molecule has 0 aromatic rings. The average molecular weight is 213 g/mol. The van der Waals surface area contributed by atoms with Gasteiger partial charge in [-0.15, -0.1) is 0 Å². The first kappa shape index (κ1) is 12.5. The van der Waals surface area contributed by atoms with Crippen LogP contribution >= 0.6 is 0 Å². The number of likely N-dealkylation sites (tertiary alicyclic amines) is 1. The van der Waals surface area contributed by atoms with Crippen molar-refractivity contribution in [3.63, 3.8) is 0 Å². The van der Waals surface area contributed by atoms with E-state index in [4.69, 9.17) is 5.11 Å². The standard InChI is InChI=1S/C12H23NO2/c1-3-10-5-7-13(8-6-10)11(4-2)9-12(14)15/h10-11H,3-9H2,1-2H3,(H,14,15). The number of rotatable bonds is 5. The summed E-state index contributed by atoms with van der Waals surface area (Å²) in [4.78, 5) is 13.1. The number of hydrogen-bond donors (Lipinski definition) is 1. The van der Waals surface area contributed by atoms with E-state index in [9.17, 15) is 4.79 Å². The van der Waals surface area contributed by atoms with Crippen LogP contribution in [0.5, 0.6) is 0 Å². The summed E-state index contributed by atoms with van der Waals surface area (Å²) in [5.41, 5.74) is 0. The SMILES string of the molecule is CCC1CCN(C(CC)CC(=O)O)CC1. The Kier molecular flexibility index (Phi) is 5.09. The molecule has 1 fully saturated rings. The Morgan fingerprint density at radius 2 is 2.00 bits per heavy atom. The van der Waals surface area contributed by atoms with Crippen LogP contribution in [0, 0.1) is 5.92 Å². The molecule has 0 aromatic carbocycles. The monoisotopic (exact) mass is 213 g/mol. The summed E-state index contributed by atoms with van der Waals surface area (Å²) >= 11 is 0. The molecule has 1 aliphatic heterocycles. The minimum Gasteiger partial charge on any atom is -0.481 e. The Morgan fingerprint density at radius 3 is 2.40 bits per heavy atom. The third-order valence-electron chi connectivity index (χ3n) is 3.62. The largest absolute Gasteiger partial charge is 0.481 e. The lowest BCUT2D eigenvalue weighted by Crippen LogP contribution is -2.42. The zero-order valence-corrected chi connectivity index (χ0v) is 9.91. The van der Waals surface area contributed by atoms with Crippen molar-refractivity contribution >= 4 is 5.97 Å². The molecule has 3 nitrogen and oxygen atoms in total. The van der Waals surface area contributed by atoms with E-state index in [0.29, 0.717) is 6.42 Å². The summed E-state index contributed by atoms with van der Waals surface area (Å²) in [7, 11) is 0. The first-order valence-electron chi connectivity index (χ1n) is 6.13. The molecular formula is C12H23NO2. The molecule has 1 atom stereocenters. The van der Waals surface area contributed by atoms with Gasteiger partial charge in [-0.05, 0) is 38.3 Å². The predicted octanol–water partition coefficient (Wildman–Crippen LogP) is 2.36.